The third-order valence-corrected chi connectivity index (χ3v) is 8.56. The van der Waals surface area contributed by atoms with E-state index in [1.54, 1.807) is 0 Å². The van der Waals surface area contributed by atoms with Crippen molar-refractivity contribution in [1.29, 1.82) is 0 Å². The van der Waals surface area contributed by atoms with E-state index in [-0.39, 0.29) is 29.0 Å². The molecule has 2 rings (SSSR count). The van der Waals surface area contributed by atoms with E-state index in [0.717, 1.165) is 25.7 Å². The summed E-state index contributed by atoms with van der Waals surface area (Å²) in [5.41, 5.74) is 9.95. The number of carbonyl (C=O) groups is 1. The molecule has 0 aromatic heterocycles. The van der Waals surface area contributed by atoms with Crippen LogP contribution in [0.1, 0.15) is 102 Å². The van der Waals surface area contributed by atoms with Crippen LogP contribution in [-0.4, -0.2) is 23.3 Å². The van der Waals surface area contributed by atoms with Crippen LogP contribution in [0.3, 0.4) is 0 Å². The number of esters is 1. The van der Waals surface area contributed by atoms with Gasteiger partial charge in [0.2, 0.25) is 0 Å². The summed E-state index contributed by atoms with van der Waals surface area (Å²) in [5, 5.41) is 10.1. The lowest BCUT2D eigenvalue weighted by molar-refractivity contribution is -0.147. The monoisotopic (exact) mass is 610 g/mol. The molecule has 45 heavy (non-hydrogen) atoms. The summed E-state index contributed by atoms with van der Waals surface area (Å²) in [7, 11) is 0. The molecular weight excluding hydrogens is 552 g/mol. The Kier molecular flexibility index (Phi) is 14.5. The second-order valence-electron chi connectivity index (χ2n) is 14.3. The van der Waals surface area contributed by atoms with Gasteiger partial charge in [-0.25, -0.2) is 0 Å². The molecule has 0 fully saturated rings. The molecule has 2 atom stereocenters. The average molecular weight is 611 g/mol. The Balaban J connectivity index is 1.92. The van der Waals surface area contributed by atoms with Gasteiger partial charge < -0.3 is 9.84 Å². The van der Waals surface area contributed by atoms with Gasteiger partial charge in [-0.15, -0.1) is 0 Å². The van der Waals surface area contributed by atoms with Crippen molar-refractivity contribution >= 4 is 5.97 Å². The molecule has 0 aliphatic heterocycles. The van der Waals surface area contributed by atoms with E-state index in [1.807, 2.05) is 0 Å². The molecule has 0 aromatic rings. The second kappa shape index (κ2) is 17.3. The van der Waals surface area contributed by atoms with Crippen molar-refractivity contribution in [2.75, 3.05) is 0 Å². The molecule has 0 saturated carbocycles. The minimum Gasteiger partial charge on any atom is -0.462 e. The topological polar surface area (TPSA) is 46.5 Å². The number of allylic oxidation sites excluding steroid dienone is 20. The van der Waals surface area contributed by atoms with E-state index in [1.165, 1.54) is 51.5 Å². The normalized spacial score (nSPS) is 24.0. The Bertz CT molecular complexity index is 1400. The number of aliphatic hydroxyl groups is 1. The molecule has 2 aliphatic carbocycles. The number of ether oxygens (including phenoxy) is 1. The Morgan fingerprint density at radius 1 is 0.644 bits per heavy atom. The average Bonchev–Trinajstić information content (AvgIpc) is 2.88. The lowest BCUT2D eigenvalue weighted by atomic mass is 9.71. The fourth-order valence-corrected chi connectivity index (χ4v) is 6.42. The first-order chi connectivity index (χ1) is 21.0. The number of rotatable bonds is 11. The van der Waals surface area contributed by atoms with Gasteiger partial charge in [-0.3, -0.25) is 4.79 Å². The predicted molar refractivity (Wildman–Crippen MR) is 194 cm³/mol. The summed E-state index contributed by atoms with van der Waals surface area (Å²) in [5.74, 6) is -0.203. The quantitative estimate of drug-likeness (QED) is 0.187. The van der Waals surface area contributed by atoms with Crippen LogP contribution in [0.5, 0.6) is 0 Å². The molecule has 0 radical (unpaired) electrons. The minimum absolute atomic E-state index is 0.0000674. The lowest BCUT2D eigenvalue weighted by Gasteiger charge is -2.37. The molecule has 0 saturated heterocycles. The van der Waals surface area contributed by atoms with Crippen LogP contribution in [-0.2, 0) is 9.53 Å². The van der Waals surface area contributed by atoms with Crippen LogP contribution < -0.4 is 0 Å². The first-order valence-electron chi connectivity index (χ1n) is 16.3. The van der Waals surface area contributed by atoms with E-state index in [4.69, 9.17) is 4.74 Å². The zero-order valence-electron chi connectivity index (χ0n) is 29.8. The van der Waals surface area contributed by atoms with Gasteiger partial charge in [0.25, 0.3) is 0 Å². The Morgan fingerprint density at radius 3 is 1.47 bits per heavy atom. The first kappa shape index (κ1) is 37.8. The van der Waals surface area contributed by atoms with Crippen molar-refractivity contribution in [3.63, 3.8) is 0 Å². The van der Waals surface area contributed by atoms with Crippen molar-refractivity contribution in [2.24, 2.45) is 10.8 Å². The molecule has 3 nitrogen and oxygen atoms in total. The SMILES string of the molecule is CC(=O)O[C@@H]1CC(C)=C(/C=C/C(C)=C/C=C/C(C)=C/C=C/C=C(C)/C=C/C=C(C)/C=C/C2=C(C)C[C@@H](O)CC2(C)C)C(C)(C)C1. The first-order valence-corrected chi connectivity index (χ1v) is 16.3. The zero-order valence-corrected chi connectivity index (χ0v) is 29.8. The molecule has 0 heterocycles. The van der Waals surface area contributed by atoms with Crippen LogP contribution in [0.15, 0.2) is 130 Å². The molecule has 0 unspecified atom stereocenters. The number of aliphatic hydroxyl groups excluding tert-OH is 1. The highest BCUT2D eigenvalue weighted by Gasteiger charge is 2.34. The van der Waals surface area contributed by atoms with Gasteiger partial charge in [0.1, 0.15) is 6.10 Å². The van der Waals surface area contributed by atoms with E-state index < -0.39 is 0 Å². The third kappa shape index (κ3) is 13.2. The largest absolute Gasteiger partial charge is 0.462 e. The summed E-state index contributed by atoms with van der Waals surface area (Å²) < 4.78 is 5.51. The molecule has 0 spiro atoms. The molecular formula is C42H58O3. The van der Waals surface area contributed by atoms with Gasteiger partial charge in [0.15, 0.2) is 0 Å². The Hall–Kier alpha value is -3.43. The van der Waals surface area contributed by atoms with Crippen LogP contribution in [0, 0.1) is 10.8 Å². The van der Waals surface area contributed by atoms with E-state index in [0.29, 0.717) is 0 Å². The number of carbonyl (C=O) groups excluding carboxylic acids is 1. The van der Waals surface area contributed by atoms with Crippen LogP contribution in [0.4, 0.5) is 0 Å². The summed E-state index contributed by atoms with van der Waals surface area (Å²) in [4.78, 5) is 11.4. The van der Waals surface area contributed by atoms with Crippen molar-refractivity contribution in [2.45, 2.75) is 114 Å². The molecule has 1 N–H and O–H groups in total. The molecule has 0 aromatic carbocycles. The summed E-state index contributed by atoms with van der Waals surface area (Å²) >= 11 is 0. The predicted octanol–water partition coefficient (Wildman–Crippen LogP) is 11.1. The zero-order chi connectivity index (χ0) is 33.8. The molecule has 244 valence electrons. The van der Waals surface area contributed by atoms with Gasteiger partial charge in [-0.05, 0) is 82.8 Å². The van der Waals surface area contributed by atoms with Crippen molar-refractivity contribution in [1.82, 2.24) is 0 Å². The van der Waals surface area contributed by atoms with Crippen LogP contribution in [0.25, 0.3) is 0 Å². The summed E-state index contributed by atoms with van der Waals surface area (Å²) in [6, 6.07) is 0. The van der Waals surface area contributed by atoms with Crippen molar-refractivity contribution < 1.29 is 14.6 Å². The van der Waals surface area contributed by atoms with E-state index in [2.05, 4.69) is 154 Å². The highest BCUT2D eigenvalue weighted by atomic mass is 16.5. The highest BCUT2D eigenvalue weighted by molar-refractivity contribution is 5.66. The highest BCUT2D eigenvalue weighted by Crippen LogP contribution is 2.42. The maximum Gasteiger partial charge on any atom is 0.302 e. The molecule has 3 heteroatoms. The van der Waals surface area contributed by atoms with E-state index in [9.17, 15) is 9.90 Å². The van der Waals surface area contributed by atoms with Gasteiger partial charge in [-0.1, -0.05) is 146 Å². The standard InChI is InChI=1S/C42H58O3/c1-30(18-14-20-32(3)22-24-39-34(5)26-37(44)28-41(39,8)9)16-12-13-17-31(2)19-15-21-33(4)23-25-40-35(6)27-38(45-36(7)43)29-42(40,10)11/h12-25,37-38,44H,26-29H2,1-11H3/b13-12+,18-14+,19-15+,24-22+,25-23+,30-16+,31-17+,32-20+,33-21+/t37-,38-/m1/s1. The second-order valence-corrected chi connectivity index (χ2v) is 14.3. The fraction of sp³-hybridized carbons (Fsp3) is 0.452. The van der Waals surface area contributed by atoms with Crippen LogP contribution >= 0.6 is 0 Å². The van der Waals surface area contributed by atoms with Crippen molar-refractivity contribution in [3.8, 4) is 0 Å². The fourth-order valence-electron chi connectivity index (χ4n) is 6.42. The lowest BCUT2D eigenvalue weighted by Crippen LogP contribution is -2.31. The summed E-state index contributed by atoms with van der Waals surface area (Å²) in [6.45, 7) is 23.1. The van der Waals surface area contributed by atoms with Gasteiger partial charge in [-0.2, -0.15) is 0 Å². The molecule has 0 amide bonds. The van der Waals surface area contributed by atoms with Crippen molar-refractivity contribution in [3.05, 3.63) is 130 Å². The smallest absolute Gasteiger partial charge is 0.302 e. The summed E-state index contributed by atoms with van der Waals surface area (Å²) in [6.07, 6.45) is 32.8. The number of hydrogen-bond acceptors (Lipinski definition) is 3. The molecule has 2 aliphatic rings. The maximum atomic E-state index is 11.4. The van der Waals surface area contributed by atoms with Gasteiger partial charge in [0, 0.05) is 13.3 Å². The minimum atomic E-state index is -0.231. The maximum absolute atomic E-state index is 11.4. The van der Waals surface area contributed by atoms with Gasteiger partial charge >= 0.3 is 5.97 Å². The number of hydrogen-bond donors (Lipinski definition) is 1. The molecule has 0 bridgehead atoms. The Labute approximate surface area is 274 Å². The van der Waals surface area contributed by atoms with E-state index >= 15 is 0 Å². The van der Waals surface area contributed by atoms with Gasteiger partial charge in [0.05, 0.1) is 6.10 Å². The Morgan fingerprint density at radius 2 is 1.04 bits per heavy atom. The van der Waals surface area contributed by atoms with Crippen LogP contribution in [0.2, 0.25) is 0 Å². The third-order valence-electron chi connectivity index (χ3n) is 8.56.